The van der Waals surface area contributed by atoms with Gasteiger partial charge in [0.1, 0.15) is 5.00 Å². The van der Waals surface area contributed by atoms with Crippen LogP contribution in [0.1, 0.15) is 39.2 Å². The van der Waals surface area contributed by atoms with E-state index in [0.29, 0.717) is 51.7 Å². The molecule has 5 aromatic rings. The molecule has 9 nitrogen and oxygen atoms in total. The number of carbonyl (C=O) groups is 2. The lowest BCUT2D eigenvalue weighted by atomic mass is 9.95. The second-order valence-electron chi connectivity index (χ2n) is 10.1. The average molecular weight is 614 g/mol. The predicted molar refractivity (Wildman–Crippen MR) is 170 cm³/mol. The van der Waals surface area contributed by atoms with Crippen molar-refractivity contribution in [1.29, 1.82) is 0 Å². The molecule has 0 unspecified atom stereocenters. The molecule has 0 saturated carbocycles. The van der Waals surface area contributed by atoms with Gasteiger partial charge in [-0.15, -0.1) is 28.1 Å². The van der Waals surface area contributed by atoms with Crippen LogP contribution in [0.3, 0.4) is 0 Å². The number of anilines is 1. The third kappa shape index (κ3) is 6.09. The first kappa shape index (κ1) is 28.8. The number of aromatic nitrogens is 3. The number of furan rings is 1. The van der Waals surface area contributed by atoms with Crippen molar-refractivity contribution in [2.45, 2.75) is 43.9 Å². The molecule has 0 saturated heterocycles. The van der Waals surface area contributed by atoms with Gasteiger partial charge in [0.15, 0.2) is 22.2 Å². The number of para-hydroxylation sites is 1. The fraction of sp³-hybridized carbons (Fsp3) is 0.250. The van der Waals surface area contributed by atoms with Crippen LogP contribution in [0.4, 0.5) is 5.00 Å². The van der Waals surface area contributed by atoms with E-state index in [4.69, 9.17) is 9.15 Å². The minimum Gasteiger partial charge on any atom is -0.493 e. The fourth-order valence-electron chi connectivity index (χ4n) is 5.23. The number of rotatable bonds is 11. The SMILES string of the molecule is C=CCn1c(SCC(=O)Nc2sc3c(c2C(=O)NCc2ccccc2)CCCC3)nnc1-c1cc2cccc(OC)c2o1. The number of thiophene rings is 1. The Kier molecular flexibility index (Phi) is 8.62. The molecule has 0 atom stereocenters. The number of nitrogens with zero attached hydrogens (tertiary/aromatic N) is 3. The van der Waals surface area contributed by atoms with Gasteiger partial charge in [-0.3, -0.25) is 14.2 Å². The standard InChI is InChI=1S/C32H31N5O4S2/c1-3-16-37-29(24-17-21-12-9-14-23(40-2)28(21)41-24)35-36-32(37)42-19-26(38)34-31-27(22-13-7-8-15-25(22)43-31)30(39)33-18-20-10-5-4-6-11-20/h3-6,9-12,14,17H,1,7-8,13,15-16,18-19H2,2H3,(H,33,39)(H,34,38). The molecule has 0 spiro atoms. The van der Waals surface area contributed by atoms with E-state index in [9.17, 15) is 9.59 Å². The van der Waals surface area contributed by atoms with Crippen LogP contribution in [0.15, 0.2) is 76.8 Å². The second-order valence-corrected chi connectivity index (χ2v) is 12.2. The van der Waals surface area contributed by atoms with Gasteiger partial charge < -0.3 is 19.8 Å². The highest BCUT2D eigenvalue weighted by Gasteiger charge is 2.27. The molecule has 43 heavy (non-hydrogen) atoms. The highest BCUT2D eigenvalue weighted by molar-refractivity contribution is 7.99. The zero-order valence-electron chi connectivity index (χ0n) is 23.7. The summed E-state index contributed by atoms with van der Waals surface area (Å²) in [5, 5.41) is 16.8. The minimum absolute atomic E-state index is 0.0941. The van der Waals surface area contributed by atoms with E-state index in [1.165, 1.54) is 28.0 Å². The largest absolute Gasteiger partial charge is 0.493 e. The number of hydrogen-bond donors (Lipinski definition) is 2. The highest BCUT2D eigenvalue weighted by atomic mass is 32.2. The van der Waals surface area contributed by atoms with Gasteiger partial charge in [-0.2, -0.15) is 0 Å². The minimum atomic E-state index is -0.219. The van der Waals surface area contributed by atoms with Gasteiger partial charge in [-0.05, 0) is 48.9 Å². The van der Waals surface area contributed by atoms with E-state index in [-0.39, 0.29) is 17.6 Å². The molecule has 0 bridgehead atoms. The van der Waals surface area contributed by atoms with E-state index in [0.717, 1.165) is 42.2 Å². The van der Waals surface area contributed by atoms with Crippen molar-refractivity contribution in [3.8, 4) is 17.3 Å². The molecule has 3 heterocycles. The number of nitrogens with one attached hydrogen (secondary N) is 2. The molecule has 1 aliphatic carbocycles. The third-order valence-corrected chi connectivity index (χ3v) is 9.43. The maximum Gasteiger partial charge on any atom is 0.254 e. The zero-order valence-corrected chi connectivity index (χ0v) is 25.4. The van der Waals surface area contributed by atoms with Crippen molar-refractivity contribution in [3.63, 3.8) is 0 Å². The first-order chi connectivity index (χ1) is 21.1. The molecule has 1 aliphatic rings. The van der Waals surface area contributed by atoms with E-state index in [1.807, 2.05) is 59.2 Å². The van der Waals surface area contributed by atoms with Gasteiger partial charge in [0.2, 0.25) is 11.7 Å². The number of methoxy groups -OCH3 is 1. The number of fused-ring (bicyclic) bond motifs is 2. The summed E-state index contributed by atoms with van der Waals surface area (Å²) in [5.41, 5.74) is 3.30. The summed E-state index contributed by atoms with van der Waals surface area (Å²) in [6.07, 6.45) is 5.62. The summed E-state index contributed by atoms with van der Waals surface area (Å²) in [5.74, 6) is 1.42. The molecule has 0 aliphatic heterocycles. The molecule has 3 aromatic heterocycles. The Labute approximate surface area is 257 Å². The molecule has 0 fully saturated rings. The molecule has 2 N–H and O–H groups in total. The number of carbonyl (C=O) groups excluding carboxylic acids is 2. The number of allylic oxidation sites excluding steroid dienone is 1. The molecular formula is C32H31N5O4S2. The number of hydrogen-bond acceptors (Lipinski definition) is 8. The van der Waals surface area contributed by atoms with Crippen LogP contribution >= 0.6 is 23.1 Å². The van der Waals surface area contributed by atoms with Crippen molar-refractivity contribution in [3.05, 3.63) is 88.8 Å². The normalized spacial score (nSPS) is 12.6. The lowest BCUT2D eigenvalue weighted by molar-refractivity contribution is -0.113. The monoisotopic (exact) mass is 613 g/mol. The van der Waals surface area contributed by atoms with Crippen molar-refractivity contribution in [2.75, 3.05) is 18.2 Å². The lowest BCUT2D eigenvalue weighted by Gasteiger charge is -2.13. The summed E-state index contributed by atoms with van der Waals surface area (Å²) in [6.45, 7) is 4.73. The van der Waals surface area contributed by atoms with Crippen LogP contribution in [0.2, 0.25) is 0 Å². The Bertz CT molecular complexity index is 1790. The van der Waals surface area contributed by atoms with E-state index in [1.54, 1.807) is 13.2 Å². The third-order valence-electron chi connectivity index (χ3n) is 7.26. The predicted octanol–water partition coefficient (Wildman–Crippen LogP) is 6.49. The topological polar surface area (TPSA) is 111 Å². The number of amides is 2. The summed E-state index contributed by atoms with van der Waals surface area (Å²) in [7, 11) is 1.60. The van der Waals surface area contributed by atoms with Gasteiger partial charge in [0.05, 0.1) is 18.4 Å². The number of ether oxygens (including phenoxy) is 1. The van der Waals surface area contributed by atoms with E-state index >= 15 is 0 Å². The van der Waals surface area contributed by atoms with Crippen molar-refractivity contribution >= 4 is 50.9 Å². The van der Waals surface area contributed by atoms with Gasteiger partial charge in [0.25, 0.3) is 5.91 Å². The number of thioether (sulfide) groups is 1. The Morgan fingerprint density at radius 3 is 2.79 bits per heavy atom. The van der Waals surface area contributed by atoms with Crippen LogP contribution in [-0.2, 0) is 30.7 Å². The second kappa shape index (κ2) is 12.9. The lowest BCUT2D eigenvalue weighted by Crippen LogP contribution is -2.25. The van der Waals surface area contributed by atoms with E-state index in [2.05, 4.69) is 27.4 Å². The fourth-order valence-corrected chi connectivity index (χ4v) is 7.28. The molecular weight excluding hydrogens is 583 g/mol. The quantitative estimate of drug-likeness (QED) is 0.129. The van der Waals surface area contributed by atoms with Crippen molar-refractivity contribution in [1.82, 2.24) is 20.1 Å². The summed E-state index contributed by atoms with van der Waals surface area (Å²) < 4.78 is 13.4. The summed E-state index contributed by atoms with van der Waals surface area (Å²) >= 11 is 2.78. The smallest absolute Gasteiger partial charge is 0.254 e. The first-order valence-corrected chi connectivity index (χ1v) is 15.9. The number of aryl methyl sites for hydroxylation is 1. The Balaban J connectivity index is 1.18. The molecule has 6 rings (SSSR count). The Morgan fingerprint density at radius 2 is 1.98 bits per heavy atom. The van der Waals surface area contributed by atoms with Crippen molar-refractivity contribution in [2.24, 2.45) is 0 Å². The van der Waals surface area contributed by atoms with Crippen LogP contribution in [0.25, 0.3) is 22.6 Å². The van der Waals surface area contributed by atoms with Crippen LogP contribution in [0.5, 0.6) is 5.75 Å². The highest BCUT2D eigenvalue weighted by Crippen LogP contribution is 2.39. The molecule has 11 heteroatoms. The maximum absolute atomic E-state index is 13.4. The Morgan fingerprint density at radius 1 is 1.14 bits per heavy atom. The van der Waals surface area contributed by atoms with Crippen LogP contribution in [0, 0.1) is 0 Å². The molecule has 2 amide bonds. The van der Waals surface area contributed by atoms with Crippen molar-refractivity contribution < 1.29 is 18.7 Å². The van der Waals surface area contributed by atoms with E-state index < -0.39 is 0 Å². The average Bonchev–Trinajstić information content (AvgIpc) is 3.74. The molecule has 0 radical (unpaired) electrons. The summed E-state index contributed by atoms with van der Waals surface area (Å²) in [4.78, 5) is 27.8. The summed E-state index contributed by atoms with van der Waals surface area (Å²) in [6, 6.07) is 17.4. The van der Waals surface area contributed by atoms with Gasteiger partial charge in [-0.25, -0.2) is 0 Å². The van der Waals surface area contributed by atoms with Gasteiger partial charge in [0, 0.05) is 23.4 Å². The Hall–Kier alpha value is -4.35. The van der Waals surface area contributed by atoms with Gasteiger partial charge in [-0.1, -0.05) is 60.3 Å². The maximum atomic E-state index is 13.4. The molecule has 220 valence electrons. The molecule has 2 aromatic carbocycles. The zero-order chi connectivity index (χ0) is 29.8. The number of benzene rings is 2. The van der Waals surface area contributed by atoms with Crippen LogP contribution < -0.4 is 15.4 Å². The van der Waals surface area contributed by atoms with Gasteiger partial charge >= 0.3 is 0 Å². The first-order valence-electron chi connectivity index (χ1n) is 14.1. The van der Waals surface area contributed by atoms with Crippen LogP contribution in [-0.4, -0.2) is 39.4 Å².